The van der Waals surface area contributed by atoms with Gasteiger partial charge in [-0.15, -0.1) is 0 Å². The molecule has 0 saturated carbocycles. The molecule has 0 spiro atoms. The predicted octanol–water partition coefficient (Wildman–Crippen LogP) is 5.63. The first-order valence-corrected chi connectivity index (χ1v) is 8.44. The Hall–Kier alpha value is 0.130. The van der Waals surface area contributed by atoms with Gasteiger partial charge in [0.05, 0.1) is 6.04 Å². The molecular weight excluding hydrogens is 397 g/mol. The zero-order valence-electron chi connectivity index (χ0n) is 9.71. The van der Waals surface area contributed by atoms with Crippen LogP contribution in [0.3, 0.4) is 0 Å². The lowest BCUT2D eigenvalue weighted by Crippen LogP contribution is -2.22. The maximum Gasteiger partial charge on any atom is 0.0610 e. The van der Waals surface area contributed by atoms with Gasteiger partial charge in [-0.2, -0.15) is 11.3 Å². The highest BCUT2D eigenvalue weighted by atomic mass is 79.9. The number of hydrogen-bond donors (Lipinski definition) is 1. The summed E-state index contributed by atoms with van der Waals surface area (Å²) in [4.78, 5) is 0. The Morgan fingerprint density at radius 1 is 1.28 bits per heavy atom. The van der Waals surface area contributed by atoms with Crippen LogP contribution < -0.4 is 5.32 Å². The average molecular weight is 410 g/mol. The predicted molar refractivity (Wildman–Crippen MR) is 86.7 cm³/mol. The summed E-state index contributed by atoms with van der Waals surface area (Å²) in [6, 6.07) is 6.13. The van der Waals surface area contributed by atoms with Crippen LogP contribution >= 0.6 is 54.8 Å². The van der Waals surface area contributed by atoms with Gasteiger partial charge < -0.3 is 5.32 Å². The van der Waals surface area contributed by atoms with Crippen molar-refractivity contribution in [2.45, 2.75) is 13.0 Å². The Kier molecular flexibility index (Phi) is 5.27. The van der Waals surface area contributed by atoms with E-state index < -0.39 is 0 Å². The lowest BCUT2D eigenvalue weighted by atomic mass is 10.0. The Bertz CT molecular complexity index is 542. The van der Waals surface area contributed by atoms with E-state index in [-0.39, 0.29) is 6.04 Å². The van der Waals surface area contributed by atoms with Crippen molar-refractivity contribution >= 4 is 54.8 Å². The van der Waals surface area contributed by atoms with E-state index in [1.54, 1.807) is 11.3 Å². The Balaban J connectivity index is 2.45. The molecule has 0 radical (unpaired) electrons. The van der Waals surface area contributed by atoms with Gasteiger partial charge in [-0.3, -0.25) is 0 Å². The number of thiophene rings is 1. The average Bonchev–Trinajstić information content (AvgIpc) is 2.73. The van der Waals surface area contributed by atoms with Crippen molar-refractivity contribution in [3.63, 3.8) is 0 Å². The quantitative estimate of drug-likeness (QED) is 0.690. The molecule has 1 heterocycles. The SMILES string of the molecule is CCNC(c1ccc(Br)cc1Cl)c1cscc1Br. The number of rotatable bonds is 4. The lowest BCUT2D eigenvalue weighted by molar-refractivity contribution is 0.630. The van der Waals surface area contributed by atoms with Gasteiger partial charge in [-0.25, -0.2) is 0 Å². The van der Waals surface area contributed by atoms with E-state index >= 15 is 0 Å². The smallest absolute Gasteiger partial charge is 0.0610 e. The molecule has 0 amide bonds. The molecule has 1 aromatic heterocycles. The third-order valence-corrected chi connectivity index (χ3v) is 5.21. The van der Waals surface area contributed by atoms with Crippen LogP contribution in [-0.2, 0) is 0 Å². The summed E-state index contributed by atoms with van der Waals surface area (Å²) < 4.78 is 2.12. The number of benzene rings is 1. The first-order chi connectivity index (χ1) is 8.63. The summed E-state index contributed by atoms with van der Waals surface area (Å²) in [5.41, 5.74) is 2.33. The maximum atomic E-state index is 6.35. The molecule has 1 nitrogen and oxygen atoms in total. The molecule has 96 valence electrons. The monoisotopic (exact) mass is 407 g/mol. The van der Waals surface area contributed by atoms with Gasteiger partial charge in [-0.05, 0) is 51.1 Å². The zero-order valence-corrected chi connectivity index (χ0v) is 14.5. The van der Waals surface area contributed by atoms with Crippen LogP contribution in [0.5, 0.6) is 0 Å². The minimum atomic E-state index is 0.122. The number of nitrogens with one attached hydrogen (secondary N) is 1. The third kappa shape index (κ3) is 3.17. The fraction of sp³-hybridized carbons (Fsp3) is 0.231. The van der Waals surface area contributed by atoms with E-state index in [0.29, 0.717) is 0 Å². The van der Waals surface area contributed by atoms with Crippen LogP contribution in [0.1, 0.15) is 24.1 Å². The highest BCUT2D eigenvalue weighted by molar-refractivity contribution is 9.10. The first kappa shape index (κ1) is 14.5. The molecular formula is C13H12Br2ClNS. The molecule has 2 rings (SSSR count). The maximum absolute atomic E-state index is 6.35. The molecule has 0 aliphatic rings. The normalized spacial score (nSPS) is 12.7. The van der Waals surface area contributed by atoms with E-state index in [9.17, 15) is 0 Å². The first-order valence-electron chi connectivity index (χ1n) is 5.53. The van der Waals surface area contributed by atoms with Gasteiger partial charge >= 0.3 is 0 Å². The van der Waals surface area contributed by atoms with Crippen molar-refractivity contribution < 1.29 is 0 Å². The summed E-state index contributed by atoms with van der Waals surface area (Å²) in [7, 11) is 0. The van der Waals surface area contributed by atoms with Crippen LogP contribution in [-0.4, -0.2) is 6.54 Å². The third-order valence-electron chi connectivity index (χ3n) is 2.64. The highest BCUT2D eigenvalue weighted by Crippen LogP contribution is 2.35. The molecule has 1 unspecified atom stereocenters. The zero-order chi connectivity index (χ0) is 13.1. The minimum absolute atomic E-state index is 0.122. The number of hydrogen-bond acceptors (Lipinski definition) is 2. The van der Waals surface area contributed by atoms with Crippen molar-refractivity contribution in [2.24, 2.45) is 0 Å². The Morgan fingerprint density at radius 3 is 2.61 bits per heavy atom. The second-order valence-corrected chi connectivity index (χ2v) is 6.75. The topological polar surface area (TPSA) is 12.0 Å². The van der Waals surface area contributed by atoms with Crippen LogP contribution in [0.2, 0.25) is 5.02 Å². The van der Waals surface area contributed by atoms with Crippen LogP contribution in [0.15, 0.2) is 37.9 Å². The van der Waals surface area contributed by atoms with Gasteiger partial charge in [0.25, 0.3) is 0 Å². The minimum Gasteiger partial charge on any atom is -0.306 e. The largest absolute Gasteiger partial charge is 0.306 e. The molecule has 0 fully saturated rings. The Labute approximate surface area is 133 Å². The second-order valence-electron chi connectivity index (χ2n) is 3.83. The van der Waals surface area contributed by atoms with Crippen molar-refractivity contribution in [3.8, 4) is 0 Å². The van der Waals surface area contributed by atoms with Crippen LogP contribution in [0.25, 0.3) is 0 Å². The van der Waals surface area contributed by atoms with E-state index in [0.717, 1.165) is 26.1 Å². The molecule has 1 N–H and O–H groups in total. The van der Waals surface area contributed by atoms with E-state index in [4.69, 9.17) is 11.6 Å². The van der Waals surface area contributed by atoms with Crippen molar-refractivity contribution in [3.05, 3.63) is 54.1 Å². The second kappa shape index (κ2) is 6.53. The number of halogens is 3. The van der Waals surface area contributed by atoms with E-state index in [1.807, 2.05) is 12.1 Å². The van der Waals surface area contributed by atoms with Gasteiger partial charge in [0.2, 0.25) is 0 Å². The van der Waals surface area contributed by atoms with Crippen molar-refractivity contribution in [1.29, 1.82) is 0 Å². The molecule has 0 aliphatic heterocycles. The Morgan fingerprint density at radius 2 is 2.06 bits per heavy atom. The fourth-order valence-corrected chi connectivity index (χ4v) is 4.16. The standard InChI is InChI=1S/C13H12Br2ClNS/c1-2-17-13(10-6-18-7-11(10)15)9-4-3-8(14)5-12(9)16/h3-7,13,17H,2H2,1H3. The molecule has 0 aliphatic carbocycles. The summed E-state index contributed by atoms with van der Waals surface area (Å²) >= 11 is 15.1. The molecule has 1 atom stereocenters. The summed E-state index contributed by atoms with van der Waals surface area (Å²) in [5.74, 6) is 0. The van der Waals surface area contributed by atoms with Crippen LogP contribution in [0.4, 0.5) is 0 Å². The summed E-state index contributed by atoms with van der Waals surface area (Å²) in [6.45, 7) is 2.99. The van der Waals surface area contributed by atoms with Crippen molar-refractivity contribution in [1.82, 2.24) is 5.32 Å². The summed E-state index contributed by atoms with van der Waals surface area (Å²) in [5, 5.41) is 8.49. The lowest BCUT2D eigenvalue weighted by Gasteiger charge is -2.19. The fourth-order valence-electron chi connectivity index (χ4n) is 1.82. The van der Waals surface area contributed by atoms with E-state index in [1.165, 1.54) is 5.56 Å². The van der Waals surface area contributed by atoms with Gasteiger partial charge in [0.1, 0.15) is 0 Å². The van der Waals surface area contributed by atoms with Crippen LogP contribution in [0, 0.1) is 0 Å². The van der Waals surface area contributed by atoms with Gasteiger partial charge in [0.15, 0.2) is 0 Å². The van der Waals surface area contributed by atoms with E-state index in [2.05, 4.69) is 60.9 Å². The highest BCUT2D eigenvalue weighted by Gasteiger charge is 2.19. The van der Waals surface area contributed by atoms with Gasteiger partial charge in [0, 0.05) is 19.3 Å². The molecule has 1 aromatic carbocycles. The molecule has 0 bridgehead atoms. The summed E-state index contributed by atoms with van der Waals surface area (Å²) in [6.07, 6.45) is 0. The molecule has 2 aromatic rings. The van der Waals surface area contributed by atoms with Gasteiger partial charge in [-0.1, -0.05) is 40.5 Å². The molecule has 5 heteroatoms. The molecule has 0 saturated heterocycles. The molecule has 18 heavy (non-hydrogen) atoms. The van der Waals surface area contributed by atoms with Crippen molar-refractivity contribution in [2.75, 3.05) is 6.54 Å².